The molecule has 0 heterocycles. The molecule has 0 unspecified atom stereocenters. The molecular formula is C22H37N3O3S. The van der Waals surface area contributed by atoms with Gasteiger partial charge in [-0.25, -0.2) is 13.1 Å². The van der Waals surface area contributed by atoms with Crippen molar-refractivity contribution in [2.75, 3.05) is 11.9 Å². The minimum atomic E-state index is -3.20. The van der Waals surface area contributed by atoms with Crippen LogP contribution in [0.15, 0.2) is 12.1 Å². The first-order chi connectivity index (χ1) is 13.5. The van der Waals surface area contributed by atoms with Gasteiger partial charge in [0.1, 0.15) is 0 Å². The van der Waals surface area contributed by atoms with E-state index in [1.807, 2.05) is 39.8 Å². The Morgan fingerprint density at radius 2 is 1.59 bits per heavy atom. The van der Waals surface area contributed by atoms with Crippen molar-refractivity contribution >= 4 is 21.6 Å². The third kappa shape index (κ3) is 6.71. The summed E-state index contributed by atoms with van der Waals surface area (Å²) in [6.45, 7) is 12.2. The Hall–Kier alpha value is -1.60. The summed E-state index contributed by atoms with van der Waals surface area (Å²) in [5.41, 5.74) is 3.92. The Balaban J connectivity index is 1.90. The summed E-state index contributed by atoms with van der Waals surface area (Å²) in [6.07, 6.45) is 3.77. The zero-order valence-corrected chi connectivity index (χ0v) is 19.4. The van der Waals surface area contributed by atoms with Gasteiger partial charge in [-0.05, 0) is 96.4 Å². The summed E-state index contributed by atoms with van der Waals surface area (Å²) < 4.78 is 26.9. The van der Waals surface area contributed by atoms with Crippen LogP contribution in [0.4, 0.5) is 5.69 Å². The van der Waals surface area contributed by atoms with Gasteiger partial charge in [-0.3, -0.25) is 4.79 Å². The van der Waals surface area contributed by atoms with Gasteiger partial charge in [0.25, 0.3) is 5.91 Å². The first-order valence-corrected chi connectivity index (χ1v) is 12.2. The highest BCUT2D eigenvalue weighted by Crippen LogP contribution is 2.28. The molecule has 0 bridgehead atoms. The molecule has 1 aliphatic rings. The maximum absolute atomic E-state index is 12.3. The number of benzene rings is 1. The average molecular weight is 424 g/mol. The molecule has 2 rings (SSSR count). The van der Waals surface area contributed by atoms with Gasteiger partial charge < -0.3 is 10.6 Å². The summed E-state index contributed by atoms with van der Waals surface area (Å²) in [6, 6.07) is 4.04. The molecule has 29 heavy (non-hydrogen) atoms. The second-order valence-electron chi connectivity index (χ2n) is 8.92. The molecule has 0 aromatic heterocycles. The van der Waals surface area contributed by atoms with Crippen LogP contribution in [0, 0.1) is 19.8 Å². The molecule has 0 saturated heterocycles. The number of rotatable bonds is 8. The van der Waals surface area contributed by atoms with E-state index in [-0.39, 0.29) is 18.0 Å². The standard InChI is InChI=1S/C22H37N3O3S/c1-14(2)24-22(26)19-11-16(5)21(17(6)12-19)23-13-18-7-9-20(10-8-18)25-29(27,28)15(3)4/h11-12,14-15,18,20,23,25H,7-10,13H2,1-6H3,(H,24,26). The molecular weight excluding hydrogens is 386 g/mol. The maximum atomic E-state index is 12.3. The first kappa shape index (κ1) is 23.7. The highest BCUT2D eigenvalue weighted by molar-refractivity contribution is 7.90. The number of anilines is 1. The van der Waals surface area contributed by atoms with E-state index < -0.39 is 15.3 Å². The molecule has 0 aliphatic heterocycles. The average Bonchev–Trinajstić information content (AvgIpc) is 2.61. The molecule has 0 radical (unpaired) electrons. The summed E-state index contributed by atoms with van der Waals surface area (Å²) in [5.74, 6) is 0.484. The number of amides is 1. The van der Waals surface area contributed by atoms with Gasteiger partial charge in [0.2, 0.25) is 10.0 Å². The molecule has 1 fully saturated rings. The van der Waals surface area contributed by atoms with Crippen molar-refractivity contribution in [1.82, 2.24) is 10.0 Å². The lowest BCUT2D eigenvalue weighted by molar-refractivity contribution is 0.0943. The zero-order valence-electron chi connectivity index (χ0n) is 18.6. The number of hydrogen-bond donors (Lipinski definition) is 3. The van der Waals surface area contributed by atoms with E-state index in [2.05, 4.69) is 15.4 Å². The Morgan fingerprint density at radius 3 is 2.07 bits per heavy atom. The summed E-state index contributed by atoms with van der Waals surface area (Å²) in [5, 5.41) is 6.11. The number of aryl methyl sites for hydroxylation is 2. The topological polar surface area (TPSA) is 87.3 Å². The highest BCUT2D eigenvalue weighted by atomic mass is 32.2. The molecule has 1 saturated carbocycles. The van der Waals surface area contributed by atoms with Crippen LogP contribution in [0.5, 0.6) is 0 Å². The van der Waals surface area contributed by atoms with Gasteiger partial charge >= 0.3 is 0 Å². The fourth-order valence-electron chi connectivity index (χ4n) is 3.82. The molecule has 1 aromatic rings. The minimum absolute atomic E-state index is 0.0417. The van der Waals surface area contributed by atoms with E-state index >= 15 is 0 Å². The van der Waals surface area contributed by atoms with E-state index in [0.29, 0.717) is 11.5 Å². The van der Waals surface area contributed by atoms with Crippen molar-refractivity contribution < 1.29 is 13.2 Å². The fraction of sp³-hybridized carbons (Fsp3) is 0.682. The predicted octanol–water partition coefficient (Wildman–Crippen LogP) is 3.74. The lowest BCUT2D eigenvalue weighted by Crippen LogP contribution is -2.41. The Labute approximate surface area is 176 Å². The third-order valence-corrected chi connectivity index (χ3v) is 7.48. The highest BCUT2D eigenvalue weighted by Gasteiger charge is 2.26. The summed E-state index contributed by atoms with van der Waals surface area (Å²) in [4.78, 5) is 12.3. The number of carbonyl (C=O) groups excluding carboxylic acids is 1. The van der Waals surface area contributed by atoms with Gasteiger partial charge in [0.15, 0.2) is 0 Å². The lowest BCUT2D eigenvalue weighted by atomic mass is 9.86. The first-order valence-electron chi connectivity index (χ1n) is 10.7. The van der Waals surface area contributed by atoms with Crippen LogP contribution in [-0.2, 0) is 10.0 Å². The number of sulfonamides is 1. The van der Waals surface area contributed by atoms with E-state index in [0.717, 1.165) is 49.0 Å². The van der Waals surface area contributed by atoms with Crippen molar-refractivity contribution in [1.29, 1.82) is 0 Å². The normalized spacial score (nSPS) is 20.1. The lowest BCUT2D eigenvalue weighted by Gasteiger charge is -2.30. The number of hydrogen-bond acceptors (Lipinski definition) is 4. The van der Waals surface area contributed by atoms with Crippen LogP contribution in [0.1, 0.15) is 74.9 Å². The van der Waals surface area contributed by atoms with Gasteiger partial charge in [-0.15, -0.1) is 0 Å². The van der Waals surface area contributed by atoms with Gasteiger partial charge in [-0.1, -0.05) is 0 Å². The second-order valence-corrected chi connectivity index (χ2v) is 11.2. The second kappa shape index (κ2) is 9.94. The number of carbonyl (C=O) groups is 1. The third-order valence-electron chi connectivity index (χ3n) is 5.58. The molecule has 0 spiro atoms. The molecule has 164 valence electrons. The Kier molecular flexibility index (Phi) is 8.11. The minimum Gasteiger partial charge on any atom is -0.384 e. The smallest absolute Gasteiger partial charge is 0.251 e. The van der Waals surface area contributed by atoms with Crippen molar-refractivity contribution in [2.45, 2.75) is 84.6 Å². The monoisotopic (exact) mass is 423 g/mol. The Bertz CT molecular complexity index is 788. The summed E-state index contributed by atoms with van der Waals surface area (Å²) in [7, 11) is -3.20. The van der Waals surface area contributed by atoms with Gasteiger partial charge in [-0.2, -0.15) is 0 Å². The molecule has 1 aliphatic carbocycles. The van der Waals surface area contributed by atoms with Crippen molar-refractivity contribution in [3.05, 3.63) is 28.8 Å². The fourth-order valence-corrected chi connectivity index (χ4v) is 4.79. The van der Waals surface area contributed by atoms with Crippen LogP contribution in [0.2, 0.25) is 0 Å². The SMILES string of the molecule is Cc1cc(C(=O)NC(C)C)cc(C)c1NCC1CCC(NS(=O)(=O)C(C)C)CC1. The van der Waals surface area contributed by atoms with Crippen molar-refractivity contribution in [2.24, 2.45) is 5.92 Å². The van der Waals surface area contributed by atoms with E-state index in [1.165, 1.54) is 0 Å². The quantitative estimate of drug-likeness (QED) is 0.594. The van der Waals surface area contributed by atoms with Crippen LogP contribution in [0.3, 0.4) is 0 Å². The largest absolute Gasteiger partial charge is 0.384 e. The molecule has 1 aromatic carbocycles. The van der Waals surface area contributed by atoms with Crippen molar-refractivity contribution in [3.63, 3.8) is 0 Å². The van der Waals surface area contributed by atoms with Crippen molar-refractivity contribution in [3.8, 4) is 0 Å². The summed E-state index contributed by atoms with van der Waals surface area (Å²) >= 11 is 0. The molecule has 3 N–H and O–H groups in total. The molecule has 7 heteroatoms. The molecule has 0 atom stereocenters. The van der Waals surface area contributed by atoms with Crippen LogP contribution < -0.4 is 15.4 Å². The maximum Gasteiger partial charge on any atom is 0.251 e. The number of nitrogens with one attached hydrogen (secondary N) is 3. The van der Waals surface area contributed by atoms with E-state index in [4.69, 9.17) is 0 Å². The molecule has 1 amide bonds. The zero-order chi connectivity index (χ0) is 21.8. The van der Waals surface area contributed by atoms with Gasteiger partial charge in [0.05, 0.1) is 5.25 Å². The van der Waals surface area contributed by atoms with Crippen LogP contribution in [0.25, 0.3) is 0 Å². The van der Waals surface area contributed by atoms with Gasteiger partial charge in [0, 0.05) is 29.9 Å². The van der Waals surface area contributed by atoms with Crippen LogP contribution >= 0.6 is 0 Å². The van der Waals surface area contributed by atoms with E-state index in [9.17, 15) is 13.2 Å². The van der Waals surface area contributed by atoms with Crippen LogP contribution in [-0.4, -0.2) is 38.2 Å². The predicted molar refractivity (Wildman–Crippen MR) is 120 cm³/mol. The van der Waals surface area contributed by atoms with E-state index in [1.54, 1.807) is 13.8 Å². The molecule has 6 nitrogen and oxygen atoms in total. The Morgan fingerprint density at radius 1 is 1.03 bits per heavy atom.